The van der Waals surface area contributed by atoms with Crippen LogP contribution >= 0.6 is 0 Å². The highest BCUT2D eigenvalue weighted by atomic mass is 28.3. The molecule has 96 valence electrons. The molecule has 0 saturated heterocycles. The second kappa shape index (κ2) is 6.39. The number of rotatable bonds is 6. The summed E-state index contributed by atoms with van der Waals surface area (Å²) in [6, 6.07) is 12.7. The van der Waals surface area contributed by atoms with Crippen LogP contribution in [-0.4, -0.2) is 8.07 Å². The zero-order valence-electron chi connectivity index (χ0n) is 12.3. The van der Waals surface area contributed by atoms with E-state index in [-0.39, 0.29) is 0 Å². The first-order valence-electron chi connectivity index (χ1n) is 7.13. The van der Waals surface area contributed by atoms with Crippen LogP contribution in [0.5, 0.6) is 0 Å². The van der Waals surface area contributed by atoms with Gasteiger partial charge in [-0.1, -0.05) is 68.7 Å². The molecule has 0 fully saturated rings. The standard InChI is InChI=1S/C16H28Si/c1-6-17(7-2,8-3)12-11-16-10-9-14(4)13-15(16)5/h9-10,13H,6-8,11-12H2,1-5H3. The van der Waals surface area contributed by atoms with E-state index in [1.807, 2.05) is 0 Å². The fraction of sp³-hybridized carbons (Fsp3) is 0.625. The van der Waals surface area contributed by atoms with Crippen LogP contribution in [0.3, 0.4) is 0 Å². The highest BCUT2D eigenvalue weighted by Crippen LogP contribution is 2.27. The van der Waals surface area contributed by atoms with E-state index in [1.165, 1.54) is 41.7 Å². The second-order valence-corrected chi connectivity index (χ2v) is 11.1. The lowest BCUT2D eigenvalue weighted by molar-refractivity contribution is 1.01. The van der Waals surface area contributed by atoms with Crippen molar-refractivity contribution in [3.8, 4) is 0 Å². The predicted octanol–water partition coefficient (Wildman–Crippen LogP) is 5.35. The van der Waals surface area contributed by atoms with Gasteiger partial charge in [0.2, 0.25) is 0 Å². The van der Waals surface area contributed by atoms with Crippen LogP contribution in [0.4, 0.5) is 0 Å². The number of hydrogen-bond acceptors (Lipinski definition) is 0. The molecule has 1 aromatic carbocycles. The summed E-state index contributed by atoms with van der Waals surface area (Å²) in [6.07, 6.45) is 1.30. The SMILES string of the molecule is CC[Si](CC)(CC)CCc1ccc(C)cc1C. The van der Waals surface area contributed by atoms with Gasteiger partial charge in [-0.25, -0.2) is 0 Å². The van der Waals surface area contributed by atoms with Gasteiger partial charge in [-0.15, -0.1) is 0 Å². The van der Waals surface area contributed by atoms with Gasteiger partial charge < -0.3 is 0 Å². The molecule has 0 bridgehead atoms. The predicted molar refractivity (Wildman–Crippen MR) is 81.6 cm³/mol. The molecule has 17 heavy (non-hydrogen) atoms. The lowest BCUT2D eigenvalue weighted by Crippen LogP contribution is -2.31. The first-order chi connectivity index (χ1) is 8.06. The topological polar surface area (TPSA) is 0 Å². The minimum atomic E-state index is -0.937. The molecule has 0 N–H and O–H groups in total. The van der Waals surface area contributed by atoms with Gasteiger partial charge >= 0.3 is 0 Å². The monoisotopic (exact) mass is 248 g/mol. The Morgan fingerprint density at radius 3 is 2.00 bits per heavy atom. The fourth-order valence-electron chi connectivity index (χ4n) is 2.81. The van der Waals surface area contributed by atoms with E-state index in [9.17, 15) is 0 Å². The summed E-state index contributed by atoms with van der Waals surface area (Å²) in [4.78, 5) is 0. The van der Waals surface area contributed by atoms with E-state index >= 15 is 0 Å². The average Bonchev–Trinajstić information content (AvgIpc) is 2.33. The van der Waals surface area contributed by atoms with Crippen molar-refractivity contribution in [2.75, 3.05) is 0 Å². The molecule has 0 nitrogen and oxygen atoms in total. The van der Waals surface area contributed by atoms with Crippen molar-refractivity contribution in [2.24, 2.45) is 0 Å². The van der Waals surface area contributed by atoms with Crippen LogP contribution < -0.4 is 0 Å². The summed E-state index contributed by atoms with van der Waals surface area (Å²) in [5.41, 5.74) is 4.44. The van der Waals surface area contributed by atoms with E-state index in [2.05, 4.69) is 52.8 Å². The molecule has 0 atom stereocenters. The van der Waals surface area contributed by atoms with Gasteiger partial charge in [0.1, 0.15) is 0 Å². The quantitative estimate of drug-likeness (QED) is 0.595. The van der Waals surface area contributed by atoms with Crippen molar-refractivity contribution in [3.05, 3.63) is 34.9 Å². The van der Waals surface area contributed by atoms with Crippen molar-refractivity contribution >= 4 is 8.07 Å². The largest absolute Gasteiger partial charge is 0.0678 e. The third-order valence-corrected chi connectivity index (χ3v) is 10.5. The van der Waals surface area contributed by atoms with Crippen molar-refractivity contribution in [3.63, 3.8) is 0 Å². The molecule has 1 heteroatoms. The highest BCUT2D eigenvalue weighted by molar-refractivity contribution is 6.79. The van der Waals surface area contributed by atoms with E-state index in [1.54, 1.807) is 5.56 Å². The third-order valence-electron chi connectivity index (χ3n) is 4.67. The van der Waals surface area contributed by atoms with Gasteiger partial charge in [0, 0.05) is 0 Å². The van der Waals surface area contributed by atoms with Crippen LogP contribution in [0.15, 0.2) is 18.2 Å². The lowest BCUT2D eigenvalue weighted by Gasteiger charge is -2.28. The summed E-state index contributed by atoms with van der Waals surface area (Å²) in [5, 5.41) is 0. The smallest absolute Gasteiger partial charge is 0.0530 e. The van der Waals surface area contributed by atoms with Gasteiger partial charge in [-0.05, 0) is 31.4 Å². The van der Waals surface area contributed by atoms with E-state index in [0.717, 1.165) is 0 Å². The molecule has 1 rings (SSSR count). The van der Waals surface area contributed by atoms with Gasteiger partial charge in [0.15, 0.2) is 0 Å². The van der Waals surface area contributed by atoms with Crippen LogP contribution in [-0.2, 0) is 6.42 Å². The van der Waals surface area contributed by atoms with E-state index < -0.39 is 8.07 Å². The molecule has 0 radical (unpaired) electrons. The first-order valence-corrected chi connectivity index (χ1v) is 9.96. The van der Waals surface area contributed by atoms with Gasteiger partial charge in [0.05, 0.1) is 8.07 Å². The Balaban J connectivity index is 2.72. The molecule has 0 spiro atoms. The summed E-state index contributed by atoms with van der Waals surface area (Å²) >= 11 is 0. The van der Waals surface area contributed by atoms with Crippen LogP contribution in [0.2, 0.25) is 24.2 Å². The molecule has 0 amide bonds. The van der Waals surface area contributed by atoms with Crippen LogP contribution in [0, 0.1) is 13.8 Å². The molecule has 0 aromatic heterocycles. The average molecular weight is 248 g/mol. The molecule has 0 aliphatic rings. The fourth-order valence-corrected chi connectivity index (χ4v) is 6.17. The highest BCUT2D eigenvalue weighted by Gasteiger charge is 2.25. The Kier molecular flexibility index (Phi) is 5.45. The van der Waals surface area contributed by atoms with Gasteiger partial charge in [-0.3, -0.25) is 0 Å². The normalized spacial score (nSPS) is 11.8. The lowest BCUT2D eigenvalue weighted by atomic mass is 10.0. The Morgan fingerprint density at radius 2 is 1.53 bits per heavy atom. The van der Waals surface area contributed by atoms with Crippen molar-refractivity contribution in [1.82, 2.24) is 0 Å². The maximum Gasteiger partial charge on any atom is 0.0530 e. The molecule has 0 unspecified atom stereocenters. The van der Waals surface area contributed by atoms with Crippen molar-refractivity contribution in [1.29, 1.82) is 0 Å². The van der Waals surface area contributed by atoms with Crippen LogP contribution in [0.25, 0.3) is 0 Å². The van der Waals surface area contributed by atoms with Crippen molar-refractivity contribution in [2.45, 2.75) is 65.2 Å². The number of benzene rings is 1. The Hall–Kier alpha value is -0.563. The molecule has 0 aliphatic carbocycles. The zero-order chi connectivity index (χ0) is 12.9. The maximum absolute atomic E-state index is 2.40. The molecular weight excluding hydrogens is 220 g/mol. The summed E-state index contributed by atoms with van der Waals surface area (Å²) in [7, 11) is -0.937. The summed E-state index contributed by atoms with van der Waals surface area (Å²) in [6.45, 7) is 11.7. The molecule has 1 aromatic rings. The van der Waals surface area contributed by atoms with Gasteiger partial charge in [0.25, 0.3) is 0 Å². The minimum absolute atomic E-state index is 0.937. The molecule has 0 saturated carbocycles. The molecular formula is C16H28Si. The Morgan fingerprint density at radius 1 is 0.941 bits per heavy atom. The Labute approximate surface area is 108 Å². The van der Waals surface area contributed by atoms with E-state index in [0.29, 0.717) is 0 Å². The zero-order valence-corrected chi connectivity index (χ0v) is 13.3. The molecule has 0 heterocycles. The first kappa shape index (κ1) is 14.5. The number of aryl methyl sites for hydroxylation is 3. The summed E-state index contributed by atoms with van der Waals surface area (Å²) in [5.74, 6) is 0. The van der Waals surface area contributed by atoms with E-state index in [4.69, 9.17) is 0 Å². The Bertz CT molecular complexity index is 342. The van der Waals surface area contributed by atoms with Crippen molar-refractivity contribution < 1.29 is 0 Å². The summed E-state index contributed by atoms with van der Waals surface area (Å²) < 4.78 is 0. The van der Waals surface area contributed by atoms with Crippen LogP contribution in [0.1, 0.15) is 37.5 Å². The maximum atomic E-state index is 2.40. The minimum Gasteiger partial charge on any atom is -0.0678 e. The second-order valence-electron chi connectivity index (χ2n) is 5.49. The molecule has 0 aliphatic heterocycles. The van der Waals surface area contributed by atoms with Gasteiger partial charge in [-0.2, -0.15) is 0 Å². The number of hydrogen-bond donors (Lipinski definition) is 0. The third kappa shape index (κ3) is 3.70.